The number of fused-ring (bicyclic) bond motifs is 20. The van der Waals surface area contributed by atoms with Crippen LogP contribution >= 0.6 is 0 Å². The van der Waals surface area contributed by atoms with Crippen molar-refractivity contribution in [1.29, 1.82) is 0 Å². The number of benzene rings is 10. The Balaban J connectivity index is 0.953. The fourth-order valence-electron chi connectivity index (χ4n) is 17.4. The predicted molar refractivity (Wildman–Crippen MR) is 408 cm³/mol. The summed E-state index contributed by atoms with van der Waals surface area (Å²) in [4.78, 5) is 159. The van der Waals surface area contributed by atoms with Crippen molar-refractivity contribution in [2.45, 2.75) is 60.9 Å². The van der Waals surface area contributed by atoms with E-state index in [-0.39, 0.29) is 36.4 Å². The number of carbonyl (C=O) groups excluding carboxylic acids is 10. The first kappa shape index (κ1) is 83.9. The molecule has 0 fully saturated rings. The van der Waals surface area contributed by atoms with E-state index in [1.807, 2.05) is 0 Å². The zero-order valence-electron chi connectivity index (χ0n) is 64.2. The molecular weight excluding hydrogens is 1780 g/mol. The highest BCUT2D eigenvalue weighted by atomic mass is 16.7. The summed E-state index contributed by atoms with van der Waals surface area (Å²) >= 11 is 0. The van der Waals surface area contributed by atoms with Gasteiger partial charge in [-0.25, -0.2) is 47.9 Å². The van der Waals surface area contributed by atoms with Crippen LogP contribution in [0.3, 0.4) is 0 Å². The van der Waals surface area contributed by atoms with Crippen LogP contribution in [0, 0.1) is 0 Å². The van der Waals surface area contributed by atoms with E-state index >= 15 is 38.4 Å². The minimum Gasteiger partial charge on any atom is -0.504 e. The second kappa shape index (κ2) is 28.3. The third-order valence-electron chi connectivity index (χ3n) is 23.3. The van der Waals surface area contributed by atoms with Crippen LogP contribution in [0.5, 0.6) is 167 Å². The molecule has 19 rings (SSSR count). The normalized spacial score (nSPS) is 20.8. The quantitative estimate of drug-likeness (QED) is 0.0636. The molecule has 10 aromatic carbocycles. The molecule has 50 heteroatoms. The van der Waals surface area contributed by atoms with Crippen LogP contribution < -0.4 is 0 Å². The zero-order chi connectivity index (χ0) is 95.5. The Morgan fingerprint density at radius 2 is 0.424 bits per heavy atom. The molecule has 0 amide bonds. The molecule has 10 atom stereocenters. The standard InChI is InChI=1S/C82H50O50/c83-15-1-9-10(2-16(15)84)74(114)125-22-8-124-78(118)38-28(27-14(6-20(88)46(92)50(27)96)77(117)128-68(22)72-70-61(107)42-41(82(122)130-70)33(57(103)66(112)60(42)106)30-37(79(119)132-72)23(9)51(97)62(108)54(30)100)52(98)64(110)58(104)34(38)36-35-40-32(56(102)65(111)59(35)105)31-39-29(53(99)63(109)55(31)101)26-13(5-19(87)45(91)49(26)95)75(115)126-21-7-123-73(113)11-3-17(85)43(89)47(93)24(11)25-12(4-18(86)44(90)48(25)94)76(116)127-67(21)71(131-81(39)121)69(36)129-80(40)120/h1-6,21-22,36,61,67-72,83-112H,7-8H2/t21-,22-,36+,61-,67-,68?,69-,70-,71+,72+/m1/s1. The fourth-order valence-corrected chi connectivity index (χ4v) is 17.4. The van der Waals surface area contributed by atoms with Crippen molar-refractivity contribution >= 4 is 59.7 Å². The number of aliphatic hydroxyl groups excluding tert-OH is 1. The van der Waals surface area contributed by atoms with Gasteiger partial charge >= 0.3 is 59.7 Å². The Hall–Kier alpha value is -18.9. The lowest BCUT2D eigenvalue weighted by Gasteiger charge is -2.43. The van der Waals surface area contributed by atoms with Crippen molar-refractivity contribution < 1.29 is 249 Å². The largest absolute Gasteiger partial charge is 0.504 e. The Morgan fingerprint density at radius 1 is 0.182 bits per heavy atom. The van der Waals surface area contributed by atoms with Gasteiger partial charge in [0.05, 0.1) is 61.6 Å². The summed E-state index contributed by atoms with van der Waals surface area (Å²) in [6, 6.07) is 0.932. The van der Waals surface area contributed by atoms with E-state index in [1.165, 1.54) is 0 Å². The molecule has 9 aliphatic rings. The average Bonchev–Trinajstić information content (AvgIpc) is 0.907. The van der Waals surface area contributed by atoms with Crippen molar-refractivity contribution in [2.24, 2.45) is 0 Å². The molecule has 10 aromatic rings. The van der Waals surface area contributed by atoms with Gasteiger partial charge in [-0.1, -0.05) is 0 Å². The topological polar surface area (TPSA) is 870 Å². The number of hydrogen-bond donors (Lipinski definition) is 30. The molecule has 132 heavy (non-hydrogen) atoms. The third kappa shape index (κ3) is 11.2. The number of aromatic hydroxyl groups is 29. The number of aliphatic hydroxyl groups is 1. The second-order valence-electron chi connectivity index (χ2n) is 30.1. The van der Waals surface area contributed by atoms with Gasteiger partial charge in [0.25, 0.3) is 0 Å². The fraction of sp³-hybridized carbons (Fsp3) is 0.146. The SMILES string of the molecule is O=C1O[C@@H]2COC(=O)c3c(c(O)c(O)c(O)c3[C@H]3c4c(O)c(O)c(O)c5c4C(=O)O[C@H]3[C@H]3OC(=O)c4c(c(O)c(O)c(O)c4-5)-c4c(cc(O)c(O)c4O)C(=O)O[C@@H]4COC(=O)c5cc(O)c(O)c(O)c5-c5c(cc(O)c(O)c5O)C(=O)O[C@@H]34)-c3c(cc(O)c(O)c3O)C(=O)OC2[C@@H]2OC(=O)c3c(c(O)c(O)c(O)c3-c3c(O)c(O)c(O)c4c3C(=O)O[C@@H]2[C@@H]4O)-c2cc(O)c(O)cc21. The van der Waals surface area contributed by atoms with E-state index in [4.69, 9.17) is 47.4 Å². The Bertz CT molecular complexity index is 7220. The van der Waals surface area contributed by atoms with Crippen molar-refractivity contribution in [3.63, 3.8) is 0 Å². The highest BCUT2D eigenvalue weighted by Gasteiger charge is 2.61. The number of cyclic esters (lactones) is 2. The van der Waals surface area contributed by atoms with E-state index in [9.17, 15) is 163 Å². The second-order valence-corrected chi connectivity index (χ2v) is 30.1. The van der Waals surface area contributed by atoms with Crippen molar-refractivity contribution in [2.75, 3.05) is 13.2 Å². The highest BCUT2D eigenvalue weighted by molar-refractivity contribution is 6.20. The number of phenolic OH excluding ortho intramolecular Hbond substituents is 29. The van der Waals surface area contributed by atoms with Gasteiger partial charge in [-0.05, 0) is 36.4 Å². The van der Waals surface area contributed by atoms with Crippen molar-refractivity contribution in [1.82, 2.24) is 0 Å². The summed E-state index contributed by atoms with van der Waals surface area (Å²) in [5.41, 5.74) is -41.0. The van der Waals surface area contributed by atoms with Crippen LogP contribution in [0.25, 0.3) is 66.8 Å². The Morgan fingerprint density at radius 3 is 0.833 bits per heavy atom. The van der Waals surface area contributed by atoms with Crippen molar-refractivity contribution in [3.05, 3.63) is 109 Å². The minimum atomic E-state index is -3.64. The van der Waals surface area contributed by atoms with Crippen molar-refractivity contribution in [3.8, 4) is 233 Å². The van der Waals surface area contributed by atoms with Gasteiger partial charge in [-0.15, -0.1) is 0 Å². The van der Waals surface area contributed by atoms with Gasteiger partial charge in [-0.3, -0.25) is 0 Å². The smallest absolute Gasteiger partial charge is 0.340 e. The molecule has 0 spiro atoms. The monoisotopic (exact) mass is 1830 g/mol. The summed E-state index contributed by atoms with van der Waals surface area (Å²) in [6.45, 7) is -4.15. The van der Waals surface area contributed by atoms with Crippen LogP contribution in [0.15, 0.2) is 36.4 Å². The molecular formula is C82H50O50. The van der Waals surface area contributed by atoms with Gasteiger partial charge in [-0.2, -0.15) is 0 Å². The summed E-state index contributed by atoms with van der Waals surface area (Å²) in [5, 5.41) is 357. The number of ether oxygens (including phenoxy) is 10. The van der Waals surface area contributed by atoms with E-state index in [2.05, 4.69) is 0 Å². The van der Waals surface area contributed by atoms with E-state index in [0.29, 0.717) is 0 Å². The number of carbonyl (C=O) groups is 10. The lowest BCUT2D eigenvalue weighted by molar-refractivity contribution is -0.154. The predicted octanol–water partition coefficient (Wildman–Crippen LogP) is 3.34. The average molecular weight is 1840 g/mol. The van der Waals surface area contributed by atoms with Gasteiger partial charge in [0.2, 0.25) is 51.7 Å². The first-order chi connectivity index (χ1) is 62.2. The van der Waals surface area contributed by atoms with E-state index in [0.717, 1.165) is 0 Å². The maximum absolute atomic E-state index is 16.8. The molecule has 10 bridgehead atoms. The lowest BCUT2D eigenvalue weighted by Crippen LogP contribution is -2.56. The number of esters is 10. The molecule has 0 aliphatic carbocycles. The van der Waals surface area contributed by atoms with Crippen LogP contribution in [0.4, 0.5) is 0 Å². The molecule has 0 radical (unpaired) electrons. The van der Waals surface area contributed by atoms with Gasteiger partial charge in [0.15, 0.2) is 164 Å². The Labute approximate surface area is 722 Å². The number of hydrogen-bond acceptors (Lipinski definition) is 50. The Kier molecular flexibility index (Phi) is 18.0. The molecule has 0 aromatic heterocycles. The number of phenols is 29. The van der Waals surface area contributed by atoms with E-state index in [1.54, 1.807) is 0 Å². The summed E-state index contributed by atoms with van der Waals surface area (Å²) in [7, 11) is 0. The third-order valence-corrected chi connectivity index (χ3v) is 23.3. The molecule has 678 valence electrons. The summed E-state index contributed by atoms with van der Waals surface area (Å²) in [5.74, 6) is -80.4. The molecule has 1 unspecified atom stereocenters. The van der Waals surface area contributed by atoms with Gasteiger partial charge in [0, 0.05) is 83.5 Å². The molecule has 50 nitrogen and oxygen atoms in total. The lowest BCUT2D eigenvalue weighted by atomic mass is 9.72. The maximum Gasteiger partial charge on any atom is 0.340 e. The first-order valence-electron chi connectivity index (χ1n) is 37.1. The maximum atomic E-state index is 16.8. The van der Waals surface area contributed by atoms with Crippen LogP contribution in [-0.2, 0) is 47.4 Å². The van der Waals surface area contributed by atoms with Crippen LogP contribution in [-0.4, -0.2) is 275 Å². The van der Waals surface area contributed by atoms with Crippen LogP contribution in [0.1, 0.15) is 132 Å². The molecule has 9 heterocycles. The van der Waals surface area contributed by atoms with Gasteiger partial charge < -0.3 is 201 Å². The van der Waals surface area contributed by atoms with Gasteiger partial charge in [0.1, 0.15) is 19.3 Å². The highest BCUT2D eigenvalue weighted by Crippen LogP contribution is 2.68. The zero-order valence-corrected chi connectivity index (χ0v) is 64.2. The molecule has 0 saturated carbocycles. The molecule has 30 N–H and O–H groups in total. The summed E-state index contributed by atoms with van der Waals surface area (Å²) < 4.78 is 58.8. The van der Waals surface area contributed by atoms with E-state index < -0.39 is 440 Å². The molecule has 9 aliphatic heterocycles. The minimum absolute atomic E-state index is 0.0187. The first-order valence-corrected chi connectivity index (χ1v) is 37.1. The van der Waals surface area contributed by atoms with Crippen LogP contribution in [0.2, 0.25) is 0 Å². The number of rotatable bonds is 1. The summed E-state index contributed by atoms with van der Waals surface area (Å²) in [6.07, 6.45) is -29.7. The molecule has 0 saturated heterocycles.